The Hall–Kier alpha value is -2.87. The van der Waals surface area contributed by atoms with Crippen LogP contribution in [0, 0.1) is 11.6 Å². The van der Waals surface area contributed by atoms with Crippen molar-refractivity contribution in [3.63, 3.8) is 0 Å². The molecule has 154 valence electrons. The van der Waals surface area contributed by atoms with Crippen LogP contribution < -0.4 is 19.9 Å². The maximum absolute atomic E-state index is 14.7. The summed E-state index contributed by atoms with van der Waals surface area (Å²) in [6.45, 7) is 2.47. The third-order valence-electron chi connectivity index (χ3n) is 5.51. The number of hydrogen-bond acceptors (Lipinski definition) is 5. The molecule has 1 fully saturated rings. The van der Waals surface area contributed by atoms with Gasteiger partial charge in [0.25, 0.3) is 5.91 Å². The molecule has 1 saturated heterocycles. The van der Waals surface area contributed by atoms with E-state index in [1.807, 2.05) is 0 Å². The average Bonchev–Trinajstić information content (AvgIpc) is 2.65. The summed E-state index contributed by atoms with van der Waals surface area (Å²) in [6, 6.07) is 7.63. The van der Waals surface area contributed by atoms with Gasteiger partial charge in [0, 0.05) is 37.6 Å². The first-order chi connectivity index (χ1) is 13.7. The fourth-order valence-corrected chi connectivity index (χ4v) is 3.67. The Morgan fingerprint density at radius 2 is 1.76 bits per heavy atom. The molecule has 0 aliphatic carbocycles. The van der Waals surface area contributed by atoms with Gasteiger partial charge in [0.2, 0.25) is 0 Å². The summed E-state index contributed by atoms with van der Waals surface area (Å²) in [5.41, 5.74) is 0.637. The van der Waals surface area contributed by atoms with Crippen LogP contribution in [0.5, 0.6) is 5.75 Å². The summed E-state index contributed by atoms with van der Waals surface area (Å²) in [5.74, 6) is -0.936. The number of nitrogens with one attached hydrogen (secondary N) is 1. The van der Waals surface area contributed by atoms with Crippen molar-refractivity contribution in [3.8, 4) is 5.75 Å². The van der Waals surface area contributed by atoms with E-state index in [1.54, 1.807) is 37.1 Å². The van der Waals surface area contributed by atoms with E-state index in [0.29, 0.717) is 43.1 Å². The molecular weight excluding hydrogens is 380 g/mol. The maximum atomic E-state index is 14.7. The number of halogens is 2. The zero-order chi connectivity index (χ0) is 20.8. The van der Waals surface area contributed by atoms with Gasteiger partial charge in [-0.1, -0.05) is 0 Å². The number of carbonyl (C=O) groups is 1. The summed E-state index contributed by atoms with van der Waals surface area (Å²) in [6.07, 6.45) is 0.913. The monoisotopic (exact) mass is 403 g/mol. The minimum atomic E-state index is -0.794. The van der Waals surface area contributed by atoms with Crippen molar-refractivity contribution in [1.29, 1.82) is 0 Å². The topological polar surface area (TPSA) is 65.0 Å². The van der Waals surface area contributed by atoms with Crippen molar-refractivity contribution < 1.29 is 23.4 Å². The van der Waals surface area contributed by atoms with E-state index in [4.69, 9.17) is 4.74 Å². The molecule has 2 aromatic carbocycles. The number of benzene rings is 2. The average molecular weight is 403 g/mol. The number of carbonyl (C=O) groups excluding carboxylic acids is 1. The molecule has 29 heavy (non-hydrogen) atoms. The van der Waals surface area contributed by atoms with Crippen molar-refractivity contribution in [2.75, 3.05) is 41.9 Å². The molecule has 6 nitrogen and oxygen atoms in total. The van der Waals surface area contributed by atoms with Gasteiger partial charge in [0.05, 0.1) is 11.3 Å². The number of fused-ring (bicyclic) bond motifs is 1. The van der Waals surface area contributed by atoms with Crippen molar-refractivity contribution >= 4 is 28.7 Å². The zero-order valence-electron chi connectivity index (χ0n) is 16.3. The Labute approximate surface area is 167 Å². The predicted molar refractivity (Wildman–Crippen MR) is 107 cm³/mol. The van der Waals surface area contributed by atoms with Gasteiger partial charge in [-0.2, -0.15) is 0 Å². The normalized spacial score (nSPS) is 18.3. The lowest BCUT2D eigenvalue weighted by Gasteiger charge is -2.37. The molecule has 0 atom stereocenters. The van der Waals surface area contributed by atoms with Gasteiger partial charge in [0.15, 0.2) is 18.2 Å². The number of hydrogen-bond donors (Lipinski definition) is 2. The summed E-state index contributed by atoms with van der Waals surface area (Å²) >= 11 is 0. The highest BCUT2D eigenvalue weighted by molar-refractivity contribution is 5.97. The van der Waals surface area contributed by atoms with Crippen molar-refractivity contribution in [1.82, 2.24) is 0 Å². The van der Waals surface area contributed by atoms with Crippen LogP contribution in [-0.2, 0) is 4.79 Å². The van der Waals surface area contributed by atoms with Gasteiger partial charge in [-0.05, 0) is 44.0 Å². The third kappa shape index (κ3) is 3.85. The summed E-state index contributed by atoms with van der Waals surface area (Å²) in [5, 5.41) is 13.0. The smallest absolute Gasteiger partial charge is 0.264 e. The number of amides is 1. The number of rotatable bonds is 3. The van der Waals surface area contributed by atoms with E-state index in [1.165, 1.54) is 17.0 Å². The second-order valence-corrected chi connectivity index (χ2v) is 7.82. The lowest BCUT2D eigenvalue weighted by molar-refractivity contribution is -0.120. The van der Waals surface area contributed by atoms with Gasteiger partial charge >= 0.3 is 0 Å². The first kappa shape index (κ1) is 19.4. The van der Waals surface area contributed by atoms with Crippen molar-refractivity contribution in [2.45, 2.75) is 25.4 Å². The molecule has 1 amide bonds. The predicted octanol–water partition coefficient (Wildman–Crippen LogP) is 3.41. The van der Waals surface area contributed by atoms with Crippen LogP contribution in [-0.4, -0.2) is 43.4 Å². The Bertz CT molecular complexity index is 931. The molecule has 2 aliphatic rings. The SMILES string of the molecule is CN1C(=O)COc2cc(Nc3cc(F)c(N4CCC(C)(O)CC4)c(F)c3)ccc21. The first-order valence-corrected chi connectivity index (χ1v) is 9.50. The lowest BCUT2D eigenvalue weighted by atomic mass is 9.93. The second-order valence-electron chi connectivity index (χ2n) is 7.82. The highest BCUT2D eigenvalue weighted by Crippen LogP contribution is 2.36. The van der Waals surface area contributed by atoms with Crippen LogP contribution in [0.25, 0.3) is 0 Å². The fourth-order valence-electron chi connectivity index (χ4n) is 3.67. The summed E-state index contributed by atoms with van der Waals surface area (Å²) in [4.78, 5) is 14.8. The van der Waals surface area contributed by atoms with Gasteiger partial charge in [-0.25, -0.2) is 8.78 Å². The number of ether oxygens (including phenoxy) is 1. The fraction of sp³-hybridized carbons (Fsp3) is 0.381. The minimum Gasteiger partial charge on any atom is -0.481 e. The van der Waals surface area contributed by atoms with Crippen LogP contribution in [0.15, 0.2) is 30.3 Å². The Kier molecular flexibility index (Phi) is 4.82. The van der Waals surface area contributed by atoms with Crippen LogP contribution in [0.3, 0.4) is 0 Å². The number of nitrogens with zero attached hydrogens (tertiary/aromatic N) is 2. The quantitative estimate of drug-likeness (QED) is 0.822. The minimum absolute atomic E-state index is 0.0480. The molecule has 8 heteroatoms. The molecule has 2 aromatic rings. The van der Waals surface area contributed by atoms with Crippen LogP contribution in [0.1, 0.15) is 19.8 Å². The molecule has 0 saturated carbocycles. The van der Waals surface area contributed by atoms with E-state index in [2.05, 4.69) is 5.32 Å². The second kappa shape index (κ2) is 7.18. The Morgan fingerprint density at radius 3 is 2.41 bits per heavy atom. The summed E-state index contributed by atoms with van der Waals surface area (Å²) in [7, 11) is 1.67. The van der Waals surface area contributed by atoms with E-state index < -0.39 is 17.2 Å². The number of piperidine rings is 1. The molecule has 0 radical (unpaired) electrons. The highest BCUT2D eigenvalue weighted by atomic mass is 19.1. The molecule has 0 spiro atoms. The molecular formula is C21H23F2N3O3. The molecule has 2 heterocycles. The molecule has 0 unspecified atom stereocenters. The third-order valence-corrected chi connectivity index (χ3v) is 5.51. The standard InChI is InChI=1S/C21H23F2N3O3/c1-21(28)5-7-26(8-6-21)20-15(22)9-14(10-16(20)23)24-13-3-4-17-18(11-13)29-12-19(27)25(17)2/h3-4,9-11,24,28H,5-8,12H2,1-2H3. The van der Waals surface area contributed by atoms with Crippen LogP contribution in [0.2, 0.25) is 0 Å². The molecule has 2 N–H and O–H groups in total. The number of anilines is 4. The van der Waals surface area contributed by atoms with Crippen LogP contribution >= 0.6 is 0 Å². The Balaban J connectivity index is 1.54. The summed E-state index contributed by atoms with van der Waals surface area (Å²) < 4.78 is 34.9. The van der Waals surface area contributed by atoms with E-state index in [9.17, 15) is 18.7 Å². The van der Waals surface area contributed by atoms with E-state index in [0.717, 1.165) is 0 Å². The van der Waals surface area contributed by atoms with Crippen molar-refractivity contribution in [3.05, 3.63) is 42.0 Å². The maximum Gasteiger partial charge on any atom is 0.264 e. The Morgan fingerprint density at radius 1 is 1.10 bits per heavy atom. The molecule has 2 aliphatic heterocycles. The van der Waals surface area contributed by atoms with E-state index in [-0.39, 0.29) is 23.9 Å². The zero-order valence-corrected chi connectivity index (χ0v) is 16.3. The van der Waals surface area contributed by atoms with Gasteiger partial charge < -0.3 is 25.0 Å². The van der Waals surface area contributed by atoms with E-state index >= 15 is 0 Å². The van der Waals surface area contributed by atoms with Gasteiger partial charge in [-0.15, -0.1) is 0 Å². The lowest BCUT2D eigenvalue weighted by Crippen LogP contribution is -2.43. The van der Waals surface area contributed by atoms with Crippen molar-refractivity contribution in [2.24, 2.45) is 0 Å². The molecule has 0 bridgehead atoms. The van der Waals surface area contributed by atoms with Crippen LogP contribution in [0.4, 0.5) is 31.5 Å². The first-order valence-electron chi connectivity index (χ1n) is 9.50. The largest absolute Gasteiger partial charge is 0.481 e. The van der Waals surface area contributed by atoms with Gasteiger partial charge in [0.1, 0.15) is 11.4 Å². The number of likely N-dealkylation sites (N-methyl/N-ethyl adjacent to an activating group) is 1. The molecule has 4 rings (SSSR count). The van der Waals surface area contributed by atoms with Gasteiger partial charge in [-0.3, -0.25) is 4.79 Å². The molecule has 0 aromatic heterocycles. The highest BCUT2D eigenvalue weighted by Gasteiger charge is 2.30. The number of aliphatic hydroxyl groups is 1.